The van der Waals surface area contributed by atoms with Crippen molar-refractivity contribution in [3.05, 3.63) is 208 Å². The maximum atomic E-state index is 5.38. The maximum Gasteiger partial charge on any atom is 0.0973 e. The molecule has 2 heterocycles. The second-order valence-corrected chi connectivity index (χ2v) is 15.8. The Balaban J connectivity index is 1.24. The largest absolute Gasteiger partial charge is 0.244 e. The van der Waals surface area contributed by atoms with Crippen LogP contribution in [-0.2, 0) is 11.8 Å². The number of benzene rings is 8. The van der Waals surface area contributed by atoms with Gasteiger partial charge in [-0.25, -0.2) is 9.97 Å². The van der Waals surface area contributed by atoms with Crippen molar-refractivity contribution >= 4 is 59.6 Å². The van der Waals surface area contributed by atoms with Crippen molar-refractivity contribution in [3.63, 3.8) is 0 Å². The van der Waals surface area contributed by atoms with Crippen molar-refractivity contribution in [2.24, 2.45) is 5.92 Å². The molecule has 12 rings (SSSR count). The van der Waals surface area contributed by atoms with Crippen molar-refractivity contribution in [1.82, 2.24) is 9.97 Å². The van der Waals surface area contributed by atoms with Crippen molar-refractivity contribution in [2.45, 2.75) is 11.8 Å². The molecule has 2 aromatic heterocycles. The first-order chi connectivity index (χ1) is 26.8. The molecular weight excluding hydrogens is 673 g/mol. The maximum absolute atomic E-state index is 5.38. The van der Waals surface area contributed by atoms with Crippen LogP contribution in [0.15, 0.2) is 176 Å². The molecule has 2 nitrogen and oxygen atoms in total. The molecule has 0 fully saturated rings. The number of para-hydroxylation sites is 2. The summed E-state index contributed by atoms with van der Waals surface area (Å²) in [5.74, 6) is 0.175. The lowest BCUT2D eigenvalue weighted by Crippen LogP contribution is -2.37. The molecule has 1 atom stereocenters. The van der Waals surface area contributed by atoms with Gasteiger partial charge in [0.25, 0.3) is 0 Å². The Hall–Kier alpha value is -6.42. The minimum absolute atomic E-state index is 0.175. The molecule has 0 bridgehead atoms. The van der Waals surface area contributed by atoms with Crippen LogP contribution in [0.2, 0.25) is 0 Å². The highest BCUT2D eigenvalue weighted by atomic mass is 32.1. The molecule has 2 aliphatic rings. The van der Waals surface area contributed by atoms with Crippen LogP contribution < -0.4 is 4.53 Å². The number of fused-ring (bicyclic) bond motifs is 7. The van der Waals surface area contributed by atoms with Crippen LogP contribution in [0.25, 0.3) is 70.8 Å². The number of thiophene rings is 1. The molecule has 3 heteroatoms. The Kier molecular flexibility index (Phi) is 6.29. The lowest BCUT2D eigenvalue weighted by atomic mass is 9.62. The summed E-state index contributed by atoms with van der Waals surface area (Å²) in [4.78, 5) is 10.7. The van der Waals surface area contributed by atoms with E-state index in [0.29, 0.717) is 0 Å². The summed E-state index contributed by atoms with van der Waals surface area (Å²) in [5, 5.41) is 6.96. The third-order valence-corrected chi connectivity index (χ3v) is 13.4. The van der Waals surface area contributed by atoms with Gasteiger partial charge in [-0.3, -0.25) is 0 Å². The molecule has 0 amide bonds. The summed E-state index contributed by atoms with van der Waals surface area (Å²) in [7, 11) is 0. The van der Waals surface area contributed by atoms with Crippen LogP contribution in [0.4, 0.5) is 0 Å². The Labute approximate surface area is 316 Å². The lowest BCUT2D eigenvalue weighted by Gasteiger charge is -2.40. The van der Waals surface area contributed by atoms with Gasteiger partial charge in [-0.2, -0.15) is 0 Å². The van der Waals surface area contributed by atoms with Crippen LogP contribution in [-0.4, -0.2) is 9.97 Å². The number of nitrogens with zero attached hydrogens (tertiary/aromatic N) is 2. The quantitative estimate of drug-likeness (QED) is 0.170. The Bertz CT molecular complexity index is 3140. The molecule has 2 aliphatic carbocycles. The molecule has 10 aromatic rings. The zero-order chi connectivity index (χ0) is 35.4. The van der Waals surface area contributed by atoms with E-state index in [4.69, 9.17) is 9.97 Å². The van der Waals surface area contributed by atoms with Gasteiger partial charge in [0, 0.05) is 37.0 Å². The van der Waals surface area contributed by atoms with Crippen molar-refractivity contribution < 1.29 is 0 Å². The number of aromatic nitrogens is 2. The van der Waals surface area contributed by atoms with Gasteiger partial charge in [0.15, 0.2) is 0 Å². The second kappa shape index (κ2) is 11.3. The van der Waals surface area contributed by atoms with Crippen molar-refractivity contribution in [2.75, 3.05) is 0 Å². The summed E-state index contributed by atoms with van der Waals surface area (Å²) >= 11 is 1.98. The second-order valence-electron chi connectivity index (χ2n) is 14.8. The fraction of sp³-hybridized carbons (Fsp3) is 0.0588. The topological polar surface area (TPSA) is 25.8 Å². The van der Waals surface area contributed by atoms with E-state index >= 15 is 0 Å². The van der Waals surface area contributed by atoms with Gasteiger partial charge in [-0.15, -0.1) is 11.3 Å². The van der Waals surface area contributed by atoms with Gasteiger partial charge in [-0.05, 0) is 80.2 Å². The molecule has 252 valence electrons. The third kappa shape index (κ3) is 4.00. The average molecular weight is 705 g/mol. The van der Waals surface area contributed by atoms with Crippen LogP contribution in [0, 0.1) is 5.92 Å². The van der Waals surface area contributed by atoms with Crippen LogP contribution >= 0.6 is 11.3 Å². The van der Waals surface area contributed by atoms with Gasteiger partial charge < -0.3 is 0 Å². The summed E-state index contributed by atoms with van der Waals surface area (Å²) in [6.07, 6.45) is 0.943. The Morgan fingerprint density at radius 1 is 0.500 bits per heavy atom. The zero-order valence-electron chi connectivity index (χ0n) is 29.3. The molecule has 54 heavy (non-hydrogen) atoms. The molecule has 0 saturated heterocycles. The zero-order valence-corrected chi connectivity index (χ0v) is 30.1. The smallest absolute Gasteiger partial charge is 0.0973 e. The number of rotatable bonds is 4. The van der Waals surface area contributed by atoms with E-state index in [1.165, 1.54) is 69.6 Å². The van der Waals surface area contributed by atoms with Crippen molar-refractivity contribution in [1.29, 1.82) is 0 Å². The van der Waals surface area contributed by atoms with E-state index in [1.54, 1.807) is 0 Å². The average Bonchev–Trinajstić information content (AvgIpc) is 3.78. The minimum atomic E-state index is -0.448. The predicted octanol–water partition coefficient (Wildman–Crippen LogP) is 11.9. The first kappa shape index (κ1) is 30.1. The molecule has 0 radical (unpaired) electrons. The molecule has 0 N–H and O–H groups in total. The van der Waals surface area contributed by atoms with Gasteiger partial charge in [-0.1, -0.05) is 152 Å². The SMILES string of the molecule is c1ccc(-c2nc3ccccc3nc2-c2ccc3c(c2)C(c2ccccc2)(c2ccccc2)C2Cc4c5ccccc5c5cccc6sc(c4c65)=C32)cc1. The van der Waals surface area contributed by atoms with Crippen molar-refractivity contribution in [3.8, 4) is 22.5 Å². The highest BCUT2D eigenvalue weighted by Gasteiger charge is 2.53. The lowest BCUT2D eigenvalue weighted by molar-refractivity contribution is 0.479. The molecule has 0 aliphatic heterocycles. The standard InChI is InChI=1S/C51H32N2S/c1-4-15-31(16-5-1)48-49(53-43-25-13-12-24-42(43)52-48)32-27-28-38-40(29-32)51(33-17-6-2-7-18-33,34-19-8-3-9-20-34)41-30-39-36-22-11-10-21-35(36)37-23-14-26-44-46(37)47(39)50(54-44)45(38)41/h1-29,41H,30H2. The molecule has 1 unspecified atom stereocenters. The Morgan fingerprint density at radius 3 is 1.80 bits per heavy atom. The normalized spacial score (nSPS) is 15.6. The van der Waals surface area contributed by atoms with E-state index in [-0.39, 0.29) is 5.92 Å². The summed E-state index contributed by atoms with van der Waals surface area (Å²) in [5.41, 5.74) is 13.6. The molecule has 0 saturated carbocycles. The third-order valence-electron chi connectivity index (χ3n) is 12.2. The molecule has 0 spiro atoms. The van der Waals surface area contributed by atoms with E-state index in [1.807, 2.05) is 17.4 Å². The monoisotopic (exact) mass is 704 g/mol. The summed E-state index contributed by atoms with van der Waals surface area (Å²) in [6, 6.07) is 64.5. The van der Waals surface area contributed by atoms with Crippen LogP contribution in [0.1, 0.15) is 27.8 Å². The number of hydrogen-bond acceptors (Lipinski definition) is 3. The minimum Gasteiger partial charge on any atom is -0.244 e. The van der Waals surface area contributed by atoms with E-state index in [2.05, 4.69) is 170 Å². The first-order valence-corrected chi connectivity index (χ1v) is 19.6. The highest BCUT2D eigenvalue weighted by molar-refractivity contribution is 7.18. The summed E-state index contributed by atoms with van der Waals surface area (Å²) in [6.45, 7) is 0. The van der Waals surface area contributed by atoms with E-state index in [0.717, 1.165) is 40.0 Å². The van der Waals surface area contributed by atoms with E-state index < -0.39 is 5.41 Å². The molecular formula is C51H32N2S. The highest BCUT2D eigenvalue weighted by Crippen LogP contribution is 2.60. The van der Waals surface area contributed by atoms with Gasteiger partial charge in [0.05, 0.1) is 27.8 Å². The predicted molar refractivity (Wildman–Crippen MR) is 225 cm³/mol. The van der Waals surface area contributed by atoms with Gasteiger partial charge >= 0.3 is 0 Å². The van der Waals surface area contributed by atoms with Gasteiger partial charge in [0.1, 0.15) is 0 Å². The van der Waals surface area contributed by atoms with Crippen LogP contribution in [0.5, 0.6) is 0 Å². The Morgan fingerprint density at radius 2 is 1.09 bits per heavy atom. The number of hydrogen-bond donors (Lipinski definition) is 0. The fourth-order valence-electron chi connectivity index (χ4n) is 10.0. The van der Waals surface area contributed by atoms with E-state index in [9.17, 15) is 0 Å². The van der Waals surface area contributed by atoms with Crippen LogP contribution in [0.3, 0.4) is 0 Å². The summed E-state index contributed by atoms with van der Waals surface area (Å²) < 4.78 is 2.79. The fourth-order valence-corrected chi connectivity index (χ4v) is 11.4. The van der Waals surface area contributed by atoms with Gasteiger partial charge in [0.2, 0.25) is 0 Å². The first-order valence-electron chi connectivity index (χ1n) is 18.8. The molecule has 8 aromatic carbocycles.